The van der Waals surface area contributed by atoms with Gasteiger partial charge >= 0.3 is 5.69 Å². The number of anilines is 2. The number of H-pyrrole nitrogens is 1. The van der Waals surface area contributed by atoms with E-state index in [-0.39, 0.29) is 47.7 Å². The van der Waals surface area contributed by atoms with Crippen LogP contribution in [0.25, 0.3) is 0 Å². The average molecular weight is 427 g/mol. The Hall–Kier alpha value is -2.65. The van der Waals surface area contributed by atoms with Crippen molar-refractivity contribution in [2.75, 3.05) is 30.9 Å². The van der Waals surface area contributed by atoms with E-state index < -0.39 is 29.4 Å². The maximum Gasteiger partial charge on any atom is 0.330 e. The lowest BCUT2D eigenvalue weighted by Gasteiger charge is -2.25. The molecule has 8 nitrogen and oxygen atoms in total. The van der Waals surface area contributed by atoms with Crippen LogP contribution < -0.4 is 21.9 Å². The second-order valence-corrected chi connectivity index (χ2v) is 7.32. The Morgan fingerprint density at radius 1 is 1.38 bits per heavy atom. The van der Waals surface area contributed by atoms with E-state index in [0.717, 1.165) is 4.90 Å². The van der Waals surface area contributed by atoms with Crippen molar-refractivity contribution in [1.82, 2.24) is 9.55 Å². The molecule has 0 saturated heterocycles. The van der Waals surface area contributed by atoms with Crippen LogP contribution >= 0.6 is 11.6 Å². The molecule has 0 atom stereocenters. The number of carbonyl (C=O) groups excluding carboxylic acids is 1. The van der Waals surface area contributed by atoms with Gasteiger partial charge in [-0.3, -0.25) is 19.1 Å². The van der Waals surface area contributed by atoms with Crippen molar-refractivity contribution < 1.29 is 13.9 Å². The molecule has 2 rings (SSSR count). The number of nitrogens with two attached hydrogens (primary N) is 1. The molecule has 0 saturated carbocycles. The number of halogens is 2. The molecule has 0 bridgehead atoms. The predicted molar refractivity (Wildman–Crippen MR) is 110 cm³/mol. The van der Waals surface area contributed by atoms with Crippen LogP contribution in [-0.2, 0) is 22.5 Å². The Kier molecular flexibility index (Phi) is 7.58. The molecule has 1 aromatic carbocycles. The minimum Gasteiger partial charge on any atom is -0.383 e. The maximum atomic E-state index is 14.1. The Morgan fingerprint density at radius 2 is 2.07 bits per heavy atom. The van der Waals surface area contributed by atoms with Crippen molar-refractivity contribution >= 4 is 29.0 Å². The third-order valence-corrected chi connectivity index (χ3v) is 4.60. The third-order valence-electron chi connectivity index (χ3n) is 4.24. The first kappa shape index (κ1) is 22.6. The van der Waals surface area contributed by atoms with Crippen molar-refractivity contribution in [2.45, 2.75) is 26.8 Å². The molecule has 0 aliphatic carbocycles. The summed E-state index contributed by atoms with van der Waals surface area (Å²) in [6.45, 7) is 4.09. The molecule has 29 heavy (non-hydrogen) atoms. The number of methoxy groups -OCH3 is 1. The van der Waals surface area contributed by atoms with Crippen LogP contribution in [0.5, 0.6) is 0 Å². The zero-order valence-electron chi connectivity index (χ0n) is 16.5. The van der Waals surface area contributed by atoms with E-state index in [1.165, 1.54) is 29.9 Å². The largest absolute Gasteiger partial charge is 0.383 e. The van der Waals surface area contributed by atoms with Gasteiger partial charge in [-0.15, -0.1) is 0 Å². The van der Waals surface area contributed by atoms with Gasteiger partial charge < -0.3 is 15.4 Å². The number of nitrogen functional groups attached to an aromatic ring is 1. The lowest BCUT2D eigenvalue weighted by atomic mass is 10.1. The number of nitrogens with zero attached hydrogens (tertiary/aromatic N) is 2. The Labute approximate surface area is 172 Å². The summed E-state index contributed by atoms with van der Waals surface area (Å²) in [4.78, 5) is 41.0. The van der Waals surface area contributed by atoms with E-state index in [0.29, 0.717) is 0 Å². The van der Waals surface area contributed by atoms with E-state index >= 15 is 0 Å². The van der Waals surface area contributed by atoms with Gasteiger partial charge in [0.2, 0.25) is 5.91 Å². The van der Waals surface area contributed by atoms with Gasteiger partial charge in [0.15, 0.2) is 5.69 Å². The Bertz CT molecular complexity index is 982. The minimum absolute atomic E-state index is 0.00656. The molecule has 158 valence electrons. The van der Waals surface area contributed by atoms with E-state index in [9.17, 15) is 18.8 Å². The number of hydrogen-bond acceptors (Lipinski definition) is 5. The van der Waals surface area contributed by atoms with Crippen molar-refractivity contribution in [3.63, 3.8) is 0 Å². The minimum atomic E-state index is -0.809. The highest BCUT2D eigenvalue weighted by Gasteiger charge is 2.25. The number of nitrogens with one attached hydrogen (secondary N) is 1. The molecule has 1 amide bonds. The topological polar surface area (TPSA) is 110 Å². The van der Waals surface area contributed by atoms with E-state index in [2.05, 4.69) is 4.98 Å². The molecular formula is C19H24ClFN4O4. The summed E-state index contributed by atoms with van der Waals surface area (Å²) < 4.78 is 20.4. The standard InChI is InChI=1S/C19H24ClFN4O4/c1-11(2)10-25-17(22)16(18(27)23-19(25)28)24(7-8-29-3)15(26)9-12-13(20)5-4-6-14(12)21/h4-6,11H,7-10,22H2,1-3H3,(H,23,27,28). The van der Waals surface area contributed by atoms with Gasteiger partial charge in [-0.1, -0.05) is 31.5 Å². The predicted octanol–water partition coefficient (Wildman–Crippen LogP) is 1.79. The van der Waals surface area contributed by atoms with Gasteiger partial charge in [0.1, 0.15) is 11.6 Å². The number of amides is 1. The Balaban J connectivity index is 2.54. The monoisotopic (exact) mass is 426 g/mol. The zero-order valence-corrected chi connectivity index (χ0v) is 17.3. The number of aromatic nitrogens is 2. The highest BCUT2D eigenvalue weighted by atomic mass is 35.5. The molecule has 2 aromatic rings. The third kappa shape index (κ3) is 5.24. The number of carbonyl (C=O) groups is 1. The lowest BCUT2D eigenvalue weighted by Crippen LogP contribution is -2.43. The van der Waals surface area contributed by atoms with Crippen LogP contribution in [0.1, 0.15) is 19.4 Å². The first-order chi connectivity index (χ1) is 13.7. The van der Waals surface area contributed by atoms with Crippen LogP contribution in [-0.4, -0.2) is 35.7 Å². The molecule has 0 unspecified atom stereocenters. The van der Waals surface area contributed by atoms with E-state index in [1.54, 1.807) is 0 Å². The fourth-order valence-electron chi connectivity index (χ4n) is 2.88. The fraction of sp³-hybridized carbons (Fsp3) is 0.421. The molecule has 0 aliphatic rings. The first-order valence-electron chi connectivity index (χ1n) is 9.02. The second kappa shape index (κ2) is 9.71. The summed E-state index contributed by atoms with van der Waals surface area (Å²) in [7, 11) is 1.43. The maximum absolute atomic E-state index is 14.1. The van der Waals surface area contributed by atoms with Crippen LogP contribution in [0.4, 0.5) is 15.9 Å². The second-order valence-electron chi connectivity index (χ2n) is 6.91. The number of aromatic amines is 1. The van der Waals surface area contributed by atoms with Gasteiger partial charge in [0, 0.05) is 30.8 Å². The highest BCUT2D eigenvalue weighted by molar-refractivity contribution is 6.31. The van der Waals surface area contributed by atoms with Crippen molar-refractivity contribution in [1.29, 1.82) is 0 Å². The molecule has 10 heteroatoms. The van der Waals surface area contributed by atoms with Crippen LogP contribution in [0.2, 0.25) is 5.02 Å². The zero-order chi connectivity index (χ0) is 21.7. The highest BCUT2D eigenvalue weighted by Crippen LogP contribution is 2.23. The molecule has 0 aliphatic heterocycles. The molecular weight excluding hydrogens is 403 g/mol. The quantitative estimate of drug-likeness (QED) is 0.668. The summed E-state index contributed by atoms with van der Waals surface area (Å²) in [5.41, 5.74) is 4.46. The molecule has 0 spiro atoms. The molecule has 0 fully saturated rings. The SMILES string of the molecule is COCCN(C(=O)Cc1c(F)cccc1Cl)c1c(N)n(CC(C)C)c(=O)[nH]c1=O. The van der Waals surface area contributed by atoms with Gasteiger partial charge in [-0.2, -0.15) is 0 Å². The number of hydrogen-bond donors (Lipinski definition) is 2. The normalized spacial score (nSPS) is 11.1. The summed E-state index contributed by atoms with van der Waals surface area (Å²) in [5.74, 6) is -1.32. The summed E-state index contributed by atoms with van der Waals surface area (Å²) in [5, 5.41) is 0.0942. The summed E-state index contributed by atoms with van der Waals surface area (Å²) >= 11 is 6.02. The molecule has 1 aromatic heterocycles. The van der Waals surface area contributed by atoms with Crippen LogP contribution in [0, 0.1) is 11.7 Å². The molecule has 3 N–H and O–H groups in total. The smallest absolute Gasteiger partial charge is 0.330 e. The number of ether oxygens (including phenoxy) is 1. The first-order valence-corrected chi connectivity index (χ1v) is 9.39. The van der Waals surface area contributed by atoms with E-state index in [1.807, 2.05) is 13.8 Å². The van der Waals surface area contributed by atoms with Gasteiger partial charge in [-0.05, 0) is 18.1 Å². The molecule has 1 heterocycles. The van der Waals surface area contributed by atoms with Gasteiger partial charge in [-0.25, -0.2) is 9.18 Å². The summed E-state index contributed by atoms with van der Waals surface area (Å²) in [6.07, 6.45) is -0.391. The number of benzene rings is 1. The van der Waals surface area contributed by atoms with Crippen molar-refractivity contribution in [2.24, 2.45) is 5.92 Å². The fourth-order valence-corrected chi connectivity index (χ4v) is 3.11. The summed E-state index contributed by atoms with van der Waals surface area (Å²) in [6, 6.07) is 4.09. The van der Waals surface area contributed by atoms with E-state index in [4.69, 9.17) is 22.1 Å². The van der Waals surface area contributed by atoms with Crippen molar-refractivity contribution in [3.05, 3.63) is 55.4 Å². The molecule has 0 radical (unpaired) electrons. The number of rotatable bonds is 8. The van der Waals surface area contributed by atoms with Gasteiger partial charge in [0.05, 0.1) is 13.0 Å². The van der Waals surface area contributed by atoms with Crippen LogP contribution in [0.15, 0.2) is 27.8 Å². The van der Waals surface area contributed by atoms with Crippen molar-refractivity contribution in [3.8, 4) is 0 Å². The Morgan fingerprint density at radius 3 is 2.66 bits per heavy atom. The average Bonchev–Trinajstić information content (AvgIpc) is 2.64. The van der Waals surface area contributed by atoms with Gasteiger partial charge in [0.25, 0.3) is 5.56 Å². The van der Waals surface area contributed by atoms with Crippen LogP contribution in [0.3, 0.4) is 0 Å². The lowest BCUT2D eigenvalue weighted by molar-refractivity contribution is -0.118.